The van der Waals surface area contributed by atoms with Crippen LogP contribution in [0.4, 0.5) is 25.8 Å². The number of aryl methyl sites for hydroxylation is 1. The van der Waals surface area contributed by atoms with E-state index >= 15 is 0 Å². The van der Waals surface area contributed by atoms with Gasteiger partial charge in [-0.1, -0.05) is 0 Å². The molecule has 36 heavy (non-hydrogen) atoms. The lowest BCUT2D eigenvalue weighted by molar-refractivity contribution is 0.0526. The summed E-state index contributed by atoms with van der Waals surface area (Å²) in [6.07, 6.45) is 0. The van der Waals surface area contributed by atoms with Crippen LogP contribution < -0.4 is 10.7 Å². The molecule has 5 rings (SSSR count). The highest BCUT2D eigenvalue weighted by molar-refractivity contribution is 5.94. The second-order valence-corrected chi connectivity index (χ2v) is 8.17. The standard InChI is InChI=1S/C28H22F2N4O2/c1-3-36-28(35)17-4-13-26-24(14-17)33-25-15-22(31-20-9-5-18(29)6-10-20)23(16-27(25)34(26)2)32-21-11-7-19(30)8-12-21/h4-16,31H,3H2,1-2H3. The summed E-state index contributed by atoms with van der Waals surface area (Å²) in [5.74, 6) is -1.09. The quantitative estimate of drug-likeness (QED) is 0.241. The van der Waals surface area contributed by atoms with Crippen molar-refractivity contribution in [3.63, 3.8) is 0 Å². The third kappa shape index (κ3) is 4.65. The summed E-state index contributed by atoms with van der Waals surface area (Å²) in [6.45, 7) is 2.05. The molecule has 0 bridgehead atoms. The molecule has 180 valence electrons. The number of aromatic nitrogens is 2. The summed E-state index contributed by atoms with van der Waals surface area (Å²) in [7, 11) is 1.91. The average molecular weight is 485 g/mol. The molecule has 1 N–H and O–H groups in total. The molecule has 6 nitrogen and oxygen atoms in total. The van der Waals surface area contributed by atoms with Gasteiger partial charge in [0.05, 0.1) is 51.3 Å². The van der Waals surface area contributed by atoms with Gasteiger partial charge < -0.3 is 14.6 Å². The summed E-state index contributed by atoms with van der Waals surface area (Å²) in [4.78, 5) is 21.7. The first-order valence-corrected chi connectivity index (χ1v) is 11.4. The molecule has 1 aliphatic heterocycles. The van der Waals surface area contributed by atoms with E-state index in [2.05, 4.69) is 5.32 Å². The van der Waals surface area contributed by atoms with Crippen LogP contribution in [-0.2, 0) is 11.8 Å². The minimum atomic E-state index is -0.406. The van der Waals surface area contributed by atoms with Crippen molar-refractivity contribution in [1.29, 1.82) is 0 Å². The number of esters is 1. The zero-order valence-corrected chi connectivity index (χ0v) is 19.6. The molecule has 0 spiro atoms. The van der Waals surface area contributed by atoms with E-state index < -0.39 is 5.97 Å². The van der Waals surface area contributed by atoms with Crippen molar-refractivity contribution in [3.05, 3.63) is 101 Å². The number of carbonyl (C=O) groups excluding carboxylic acids is 1. The van der Waals surface area contributed by atoms with E-state index in [1.165, 1.54) is 24.3 Å². The number of carbonyl (C=O) groups is 1. The minimum Gasteiger partial charge on any atom is -0.462 e. The van der Waals surface area contributed by atoms with E-state index in [4.69, 9.17) is 14.7 Å². The molecule has 0 fully saturated rings. The van der Waals surface area contributed by atoms with Crippen molar-refractivity contribution in [2.24, 2.45) is 12.0 Å². The first-order valence-electron chi connectivity index (χ1n) is 11.4. The van der Waals surface area contributed by atoms with Crippen LogP contribution in [0.2, 0.25) is 0 Å². The topological polar surface area (TPSA) is 68.5 Å². The van der Waals surface area contributed by atoms with Gasteiger partial charge in [-0.05, 0) is 85.8 Å². The molecule has 0 unspecified atom stereocenters. The lowest BCUT2D eigenvalue weighted by Crippen LogP contribution is -2.14. The first kappa shape index (κ1) is 23.2. The number of halogens is 2. The van der Waals surface area contributed by atoms with Gasteiger partial charge in [-0.15, -0.1) is 0 Å². The van der Waals surface area contributed by atoms with Gasteiger partial charge in [-0.3, -0.25) is 0 Å². The molecule has 0 saturated carbocycles. The maximum Gasteiger partial charge on any atom is 0.338 e. The van der Waals surface area contributed by atoms with E-state index in [9.17, 15) is 13.6 Å². The molecular formula is C28H22F2N4O2. The van der Waals surface area contributed by atoms with Gasteiger partial charge in [0, 0.05) is 12.7 Å². The van der Waals surface area contributed by atoms with Crippen LogP contribution in [-0.4, -0.2) is 22.1 Å². The molecule has 0 amide bonds. The molecule has 3 aromatic rings. The van der Waals surface area contributed by atoms with Crippen LogP contribution in [0.25, 0.3) is 22.4 Å². The molecule has 1 aliphatic carbocycles. The van der Waals surface area contributed by atoms with E-state index in [0.29, 0.717) is 39.2 Å². The van der Waals surface area contributed by atoms with Crippen molar-refractivity contribution >= 4 is 34.1 Å². The van der Waals surface area contributed by atoms with E-state index in [1.54, 1.807) is 43.3 Å². The number of hydrogen-bond acceptors (Lipinski definition) is 5. The van der Waals surface area contributed by atoms with E-state index in [1.807, 2.05) is 29.8 Å². The molecule has 0 radical (unpaired) electrons. The zero-order chi connectivity index (χ0) is 25.2. The summed E-state index contributed by atoms with van der Waals surface area (Å²) >= 11 is 0. The molecule has 0 atom stereocenters. The lowest BCUT2D eigenvalue weighted by atomic mass is 10.1. The summed E-state index contributed by atoms with van der Waals surface area (Å²) in [5.41, 5.74) is 5.21. The largest absolute Gasteiger partial charge is 0.462 e. The van der Waals surface area contributed by atoms with E-state index in [-0.39, 0.29) is 18.2 Å². The molecule has 8 heteroatoms. The Kier molecular flexibility index (Phi) is 6.16. The molecule has 0 saturated heterocycles. The number of ether oxygens (including phenoxy) is 1. The van der Waals surface area contributed by atoms with Crippen LogP contribution in [0.5, 0.6) is 0 Å². The fraction of sp³-hybridized carbons (Fsp3) is 0.107. The number of fused-ring (bicyclic) bond motifs is 2. The predicted octanol–water partition coefficient (Wildman–Crippen LogP) is 6.11. The number of anilines is 2. The number of nitrogens with one attached hydrogen (secondary N) is 1. The Balaban J connectivity index is 1.71. The van der Waals surface area contributed by atoms with Crippen LogP contribution in [0, 0.1) is 11.6 Å². The summed E-state index contributed by atoms with van der Waals surface area (Å²) in [6, 6.07) is 20.8. The highest BCUT2D eigenvalue weighted by Crippen LogP contribution is 2.28. The SMILES string of the molecule is CCOC(=O)c1ccc2c(c1)nc1cc(Nc3ccc(F)cc3)c(=Nc3ccc(F)cc3)cc-1n2C. The van der Waals surface area contributed by atoms with Gasteiger partial charge in [-0.25, -0.2) is 23.6 Å². The second kappa shape index (κ2) is 9.58. The Morgan fingerprint density at radius 2 is 1.67 bits per heavy atom. The van der Waals surface area contributed by atoms with E-state index in [0.717, 1.165) is 11.2 Å². The van der Waals surface area contributed by atoms with Crippen molar-refractivity contribution in [2.75, 3.05) is 11.9 Å². The lowest BCUT2D eigenvalue weighted by Gasteiger charge is -2.17. The minimum absolute atomic E-state index is 0.286. The van der Waals surface area contributed by atoms with Gasteiger partial charge in [-0.2, -0.15) is 0 Å². The molecular weight excluding hydrogens is 462 g/mol. The number of hydrogen-bond donors (Lipinski definition) is 1. The fourth-order valence-corrected chi connectivity index (χ4v) is 3.96. The number of rotatable bonds is 5. The molecule has 3 aromatic carbocycles. The van der Waals surface area contributed by atoms with Gasteiger partial charge in [0.25, 0.3) is 0 Å². The summed E-state index contributed by atoms with van der Waals surface area (Å²) < 4.78 is 34.0. The van der Waals surface area contributed by atoms with Crippen LogP contribution >= 0.6 is 0 Å². The Morgan fingerprint density at radius 3 is 2.36 bits per heavy atom. The van der Waals surface area contributed by atoms with Crippen molar-refractivity contribution in [3.8, 4) is 11.4 Å². The smallest absolute Gasteiger partial charge is 0.338 e. The Morgan fingerprint density at radius 1 is 0.972 bits per heavy atom. The molecule has 2 aliphatic rings. The number of benzene rings is 4. The monoisotopic (exact) mass is 484 g/mol. The van der Waals surface area contributed by atoms with Gasteiger partial charge in [0.15, 0.2) is 0 Å². The van der Waals surface area contributed by atoms with Crippen molar-refractivity contribution < 1.29 is 18.3 Å². The third-order valence-corrected chi connectivity index (χ3v) is 5.74. The second-order valence-electron chi connectivity index (χ2n) is 8.17. The summed E-state index contributed by atoms with van der Waals surface area (Å²) in [5, 5.41) is 3.88. The zero-order valence-electron chi connectivity index (χ0n) is 19.6. The Hall–Kier alpha value is -4.59. The highest BCUT2D eigenvalue weighted by Gasteiger charge is 2.16. The number of nitrogens with zero attached hydrogens (tertiary/aromatic N) is 3. The van der Waals surface area contributed by atoms with Gasteiger partial charge in [0.1, 0.15) is 11.6 Å². The average Bonchev–Trinajstić information content (AvgIpc) is 2.87. The van der Waals surface area contributed by atoms with Crippen molar-refractivity contribution in [2.45, 2.75) is 6.92 Å². The van der Waals surface area contributed by atoms with Crippen LogP contribution in [0.3, 0.4) is 0 Å². The highest BCUT2D eigenvalue weighted by atomic mass is 19.1. The van der Waals surface area contributed by atoms with Gasteiger partial charge in [0.2, 0.25) is 0 Å². The first-order chi connectivity index (χ1) is 17.4. The van der Waals surface area contributed by atoms with Crippen molar-refractivity contribution in [1.82, 2.24) is 9.55 Å². The maximum absolute atomic E-state index is 13.4. The predicted molar refractivity (Wildman–Crippen MR) is 135 cm³/mol. The Labute approximate surface area is 205 Å². The van der Waals surface area contributed by atoms with Crippen LogP contribution in [0.15, 0.2) is 83.9 Å². The third-order valence-electron chi connectivity index (χ3n) is 5.74. The van der Waals surface area contributed by atoms with Gasteiger partial charge >= 0.3 is 5.97 Å². The van der Waals surface area contributed by atoms with Crippen LogP contribution in [0.1, 0.15) is 17.3 Å². The normalized spacial score (nSPS) is 11.7. The maximum atomic E-state index is 13.4. The molecule has 0 aromatic heterocycles. The Bertz CT molecular complexity index is 1610. The fourth-order valence-electron chi connectivity index (χ4n) is 3.96. The molecule has 1 heterocycles.